The highest BCUT2D eigenvalue weighted by Crippen LogP contribution is 2.39. The molecule has 11 heteroatoms. The van der Waals surface area contributed by atoms with Crippen molar-refractivity contribution in [2.45, 2.75) is 32.3 Å². The third-order valence-electron chi connectivity index (χ3n) is 4.81. The highest BCUT2D eigenvalue weighted by Gasteiger charge is 2.41. The molecule has 1 aromatic carbocycles. The van der Waals surface area contributed by atoms with Gasteiger partial charge in [-0.2, -0.15) is 5.10 Å². The molecule has 2 aliphatic rings. The first-order chi connectivity index (χ1) is 14.5. The maximum atomic E-state index is 14.6. The zero-order valence-electron chi connectivity index (χ0n) is 15.6. The van der Waals surface area contributed by atoms with Crippen molar-refractivity contribution in [3.63, 3.8) is 0 Å². The molecule has 0 unspecified atom stereocenters. The van der Waals surface area contributed by atoms with Crippen LogP contribution >= 0.6 is 11.6 Å². The Hall–Kier alpha value is -3.27. The van der Waals surface area contributed by atoms with E-state index in [2.05, 4.69) is 15.2 Å². The Morgan fingerprint density at radius 1 is 1.20 bits per heavy atom. The molecule has 1 N–H and O–H groups in total. The number of carbonyl (C=O) groups excluding carboxylic acids is 3. The van der Waals surface area contributed by atoms with E-state index in [1.807, 2.05) is 0 Å². The van der Waals surface area contributed by atoms with Crippen molar-refractivity contribution in [3.8, 4) is 5.75 Å². The van der Waals surface area contributed by atoms with Crippen LogP contribution in [-0.4, -0.2) is 39.6 Å². The summed E-state index contributed by atoms with van der Waals surface area (Å²) in [5, 5.41) is 6.04. The molecule has 1 aromatic heterocycles. The van der Waals surface area contributed by atoms with Crippen LogP contribution in [0.1, 0.15) is 31.5 Å². The maximum absolute atomic E-state index is 14.6. The fourth-order valence-electron chi connectivity index (χ4n) is 3.39. The summed E-state index contributed by atoms with van der Waals surface area (Å²) in [6.07, 6.45) is 3.86. The summed E-state index contributed by atoms with van der Waals surface area (Å²) >= 11 is 6.01. The van der Waals surface area contributed by atoms with Gasteiger partial charge in [0.05, 0.1) is 10.7 Å². The molecule has 156 valence electrons. The van der Waals surface area contributed by atoms with Gasteiger partial charge in [-0.15, -0.1) is 0 Å². The van der Waals surface area contributed by atoms with Crippen molar-refractivity contribution in [2.24, 2.45) is 0 Å². The van der Waals surface area contributed by atoms with Crippen molar-refractivity contribution in [1.29, 1.82) is 0 Å². The van der Waals surface area contributed by atoms with Crippen molar-refractivity contribution in [3.05, 3.63) is 46.3 Å². The van der Waals surface area contributed by atoms with E-state index in [-0.39, 0.29) is 23.1 Å². The van der Waals surface area contributed by atoms with Crippen molar-refractivity contribution >= 4 is 35.1 Å². The molecule has 0 atom stereocenters. The molecular formula is C19H16ClFN4O5. The smallest absolute Gasteiger partial charge is 0.344 e. The second-order valence-corrected chi connectivity index (χ2v) is 7.13. The Morgan fingerprint density at radius 2 is 1.90 bits per heavy atom. The molecule has 9 nitrogen and oxygen atoms in total. The average Bonchev–Trinajstić information content (AvgIpc) is 3.34. The predicted octanol–water partition coefficient (Wildman–Crippen LogP) is 2.46. The van der Waals surface area contributed by atoms with Gasteiger partial charge in [-0.05, 0) is 31.7 Å². The van der Waals surface area contributed by atoms with E-state index in [4.69, 9.17) is 21.1 Å². The van der Waals surface area contributed by atoms with E-state index in [1.165, 1.54) is 6.33 Å². The number of hydrogen-bond acceptors (Lipinski definition) is 7. The first kappa shape index (κ1) is 20.0. The van der Waals surface area contributed by atoms with Crippen LogP contribution in [0.15, 0.2) is 29.6 Å². The Kier molecular flexibility index (Phi) is 5.49. The minimum atomic E-state index is -0.846. The lowest BCUT2D eigenvalue weighted by Gasteiger charge is -2.18. The standard InChI is InChI=1S/C19H16ClFN4O5/c20-12-5-13(21)14(25-18(27)10-3-1-2-4-11(10)19(25)28)6-15(12)29-8-17(26)30-7-16-22-9-23-24-16/h5-6,9H,1-4,7-8H2,(H,22,23,24). The van der Waals surface area contributed by atoms with Crippen LogP contribution in [0, 0.1) is 5.82 Å². The summed E-state index contributed by atoms with van der Waals surface area (Å²) < 4.78 is 24.9. The van der Waals surface area contributed by atoms with Gasteiger partial charge in [0.1, 0.15) is 17.9 Å². The number of benzene rings is 1. The Bertz CT molecular complexity index is 1030. The Morgan fingerprint density at radius 3 is 2.53 bits per heavy atom. The van der Waals surface area contributed by atoms with Crippen LogP contribution in [0.25, 0.3) is 0 Å². The van der Waals surface area contributed by atoms with Gasteiger partial charge in [-0.25, -0.2) is 19.1 Å². The molecule has 0 radical (unpaired) electrons. The van der Waals surface area contributed by atoms with Crippen LogP contribution in [-0.2, 0) is 25.7 Å². The van der Waals surface area contributed by atoms with Crippen LogP contribution in [0.4, 0.5) is 10.1 Å². The summed E-state index contributed by atoms with van der Waals surface area (Å²) in [4.78, 5) is 41.8. The molecule has 4 rings (SSSR count). The minimum absolute atomic E-state index is 0.0600. The number of halogens is 2. The number of imide groups is 1. The third kappa shape index (κ3) is 3.78. The summed E-state index contributed by atoms with van der Waals surface area (Å²) in [7, 11) is 0. The number of aromatic amines is 1. The normalized spacial score (nSPS) is 16.1. The number of carbonyl (C=O) groups is 3. The van der Waals surface area contributed by atoms with Crippen molar-refractivity contribution in [2.75, 3.05) is 11.5 Å². The molecule has 2 aromatic rings. The van der Waals surface area contributed by atoms with Crippen LogP contribution in [0.2, 0.25) is 5.02 Å². The van der Waals surface area contributed by atoms with Gasteiger partial charge < -0.3 is 9.47 Å². The number of amides is 2. The van der Waals surface area contributed by atoms with E-state index in [9.17, 15) is 18.8 Å². The van der Waals surface area contributed by atoms with Gasteiger partial charge in [0, 0.05) is 17.2 Å². The SMILES string of the molecule is O=C(COc1cc(N2C(=O)C3=C(CCCC3)C2=O)c(F)cc1Cl)OCc1ncn[nH]1. The summed E-state index contributed by atoms with van der Waals surface area (Å²) in [5.74, 6) is -2.34. The number of nitrogens with zero attached hydrogens (tertiary/aromatic N) is 3. The lowest BCUT2D eigenvalue weighted by Crippen LogP contribution is -2.32. The zero-order valence-corrected chi connectivity index (χ0v) is 16.4. The average molecular weight is 435 g/mol. The summed E-state index contributed by atoms with van der Waals surface area (Å²) in [6, 6.07) is 2.07. The first-order valence-corrected chi connectivity index (χ1v) is 9.56. The highest BCUT2D eigenvalue weighted by molar-refractivity contribution is 6.34. The lowest BCUT2D eigenvalue weighted by molar-refractivity contribution is -0.147. The molecule has 1 aliphatic carbocycles. The second-order valence-electron chi connectivity index (χ2n) is 6.73. The first-order valence-electron chi connectivity index (χ1n) is 9.18. The number of anilines is 1. The Labute approximate surface area is 174 Å². The largest absolute Gasteiger partial charge is 0.480 e. The number of nitrogens with one attached hydrogen (secondary N) is 1. The lowest BCUT2D eigenvalue weighted by atomic mass is 9.93. The molecule has 2 amide bonds. The molecule has 0 bridgehead atoms. The number of ether oxygens (including phenoxy) is 2. The molecule has 0 saturated carbocycles. The van der Waals surface area contributed by atoms with E-state index >= 15 is 0 Å². The Balaban J connectivity index is 1.48. The third-order valence-corrected chi connectivity index (χ3v) is 5.11. The molecule has 0 spiro atoms. The highest BCUT2D eigenvalue weighted by atomic mass is 35.5. The number of rotatable bonds is 6. The number of aromatic nitrogens is 3. The van der Waals surface area contributed by atoms with E-state index in [0.29, 0.717) is 29.8 Å². The molecule has 2 heterocycles. The second kappa shape index (κ2) is 8.23. The van der Waals surface area contributed by atoms with E-state index in [1.54, 1.807) is 0 Å². The number of hydrogen-bond donors (Lipinski definition) is 1. The van der Waals surface area contributed by atoms with Gasteiger partial charge in [-0.1, -0.05) is 11.6 Å². The molecule has 1 aliphatic heterocycles. The molecule has 0 saturated heterocycles. The molecule has 30 heavy (non-hydrogen) atoms. The van der Waals surface area contributed by atoms with Crippen LogP contribution < -0.4 is 9.64 Å². The summed E-state index contributed by atoms with van der Waals surface area (Å²) in [6.45, 7) is -0.645. The monoisotopic (exact) mass is 434 g/mol. The fourth-order valence-corrected chi connectivity index (χ4v) is 3.59. The number of esters is 1. The molecule has 0 fully saturated rings. The fraction of sp³-hybridized carbons (Fsp3) is 0.316. The van der Waals surface area contributed by atoms with Crippen molar-refractivity contribution < 1.29 is 28.2 Å². The topological polar surface area (TPSA) is 114 Å². The van der Waals surface area contributed by atoms with E-state index in [0.717, 1.165) is 29.9 Å². The number of H-pyrrole nitrogens is 1. The van der Waals surface area contributed by atoms with Gasteiger partial charge in [0.25, 0.3) is 11.8 Å². The zero-order chi connectivity index (χ0) is 21.3. The van der Waals surface area contributed by atoms with Crippen LogP contribution in [0.5, 0.6) is 5.75 Å². The van der Waals surface area contributed by atoms with Crippen molar-refractivity contribution in [1.82, 2.24) is 15.2 Å². The van der Waals surface area contributed by atoms with Gasteiger partial charge in [0.15, 0.2) is 19.0 Å². The quantitative estimate of drug-likeness (QED) is 0.548. The minimum Gasteiger partial charge on any atom is -0.480 e. The molecular weight excluding hydrogens is 419 g/mol. The van der Waals surface area contributed by atoms with E-state index < -0.39 is 30.2 Å². The van der Waals surface area contributed by atoms with Gasteiger partial charge in [0.2, 0.25) is 0 Å². The maximum Gasteiger partial charge on any atom is 0.344 e. The summed E-state index contributed by atoms with van der Waals surface area (Å²) in [5.41, 5.74) is 0.590. The predicted molar refractivity (Wildman–Crippen MR) is 101 cm³/mol. The van der Waals surface area contributed by atoms with Gasteiger partial charge in [-0.3, -0.25) is 14.7 Å². The van der Waals surface area contributed by atoms with Gasteiger partial charge >= 0.3 is 5.97 Å². The van der Waals surface area contributed by atoms with Crippen LogP contribution in [0.3, 0.4) is 0 Å².